The van der Waals surface area contributed by atoms with Gasteiger partial charge in [0.25, 0.3) is 5.95 Å². The molecule has 6 unspecified atom stereocenters. The van der Waals surface area contributed by atoms with Crippen LogP contribution in [0.5, 0.6) is 0 Å². The summed E-state index contributed by atoms with van der Waals surface area (Å²) in [5.74, 6) is 1.92. The van der Waals surface area contributed by atoms with Crippen LogP contribution in [0, 0.1) is 18.8 Å². The van der Waals surface area contributed by atoms with Gasteiger partial charge in [0.2, 0.25) is 10.0 Å². The van der Waals surface area contributed by atoms with Gasteiger partial charge in [0, 0.05) is 56.2 Å². The van der Waals surface area contributed by atoms with Crippen LogP contribution in [0.4, 0.5) is 17.3 Å². The van der Waals surface area contributed by atoms with Crippen LogP contribution >= 0.6 is 0 Å². The lowest BCUT2D eigenvalue weighted by Gasteiger charge is -2.41. The number of aromatic amines is 1. The number of hydrogen-bond acceptors (Lipinski definition) is 14. The van der Waals surface area contributed by atoms with Crippen LogP contribution < -0.4 is 14.5 Å². The Hall–Kier alpha value is -6.77. The van der Waals surface area contributed by atoms with Crippen LogP contribution in [-0.2, 0) is 55.0 Å². The van der Waals surface area contributed by atoms with E-state index in [4.69, 9.17) is 34.6 Å². The molecule has 0 spiro atoms. The van der Waals surface area contributed by atoms with E-state index in [9.17, 15) is 8.42 Å². The minimum absolute atomic E-state index is 0.00211. The third-order valence-electron chi connectivity index (χ3n) is 17.5. The van der Waals surface area contributed by atoms with E-state index >= 15 is 0 Å². The van der Waals surface area contributed by atoms with Crippen LogP contribution in [0.25, 0.3) is 11.3 Å². The van der Waals surface area contributed by atoms with E-state index in [1.54, 1.807) is 4.68 Å². The first-order chi connectivity index (χ1) is 35.3. The van der Waals surface area contributed by atoms with Crippen LogP contribution in [0.2, 0.25) is 0 Å². The third-order valence-corrected chi connectivity index (χ3v) is 18.8. The summed E-state index contributed by atoms with van der Waals surface area (Å²) in [7, 11) is -1.99. The van der Waals surface area contributed by atoms with E-state index < -0.39 is 21.2 Å². The van der Waals surface area contributed by atoms with Crippen molar-refractivity contribution >= 4 is 38.6 Å². The van der Waals surface area contributed by atoms with Crippen molar-refractivity contribution in [2.75, 3.05) is 59.7 Å². The van der Waals surface area contributed by atoms with Crippen LogP contribution in [0.15, 0.2) is 91.4 Å². The fraction of sp³-hybridized carbons (Fsp3) is 0.472. The van der Waals surface area contributed by atoms with Crippen LogP contribution in [-0.4, -0.2) is 113 Å². The number of sulfonamides is 1. The number of aromatic nitrogens is 12. The Morgan fingerprint density at radius 1 is 0.753 bits per heavy atom. The zero-order valence-corrected chi connectivity index (χ0v) is 42.3. The molecule has 19 nitrogen and oxygen atoms in total. The van der Waals surface area contributed by atoms with E-state index in [1.165, 1.54) is 11.1 Å². The zero-order chi connectivity index (χ0) is 49.5. The third kappa shape index (κ3) is 7.13. The van der Waals surface area contributed by atoms with Gasteiger partial charge in [-0.1, -0.05) is 79.7 Å². The number of nitrogens with zero attached hydrogens (tertiary/aromatic N) is 13. The first-order valence-electron chi connectivity index (χ1n) is 25.7. The molecule has 2 saturated carbocycles. The summed E-state index contributed by atoms with van der Waals surface area (Å²) in [5, 5.41) is 26.3. The molecule has 8 atom stereocenters. The van der Waals surface area contributed by atoms with Crippen molar-refractivity contribution in [2.45, 2.75) is 93.2 Å². The summed E-state index contributed by atoms with van der Waals surface area (Å²) in [4.78, 5) is 19.8. The van der Waals surface area contributed by atoms with E-state index in [0.717, 1.165) is 85.7 Å². The Kier molecular flexibility index (Phi) is 9.91. The second-order valence-electron chi connectivity index (χ2n) is 22.4. The Morgan fingerprint density at radius 2 is 1.34 bits per heavy atom. The molecule has 2 aromatic carbocycles. The fourth-order valence-corrected chi connectivity index (χ4v) is 14.5. The standard InChI is InChI=1S/C53H59N15O4S/c1-33-22-39(65-19-17-50(2,31-65)37-13-7-5-8-14-37)26-67-45(33)55-48(60-67)53-25-36(30-72-53)43(53)44-54-49(59-58-44)62-73(69,70)21-11-12-34-23-40(66-20-18-51(3,32-66)38-15-9-6-10-16-38)27-68-46(34)56-47(61-68)52-24-35(29-71-52)42(52)41-28-64(4)63-57-41/h5-10,13-16,22-23,26-28,35-36,42-43H,11-12,17-21,24-25,29-32H2,1-4H3,(H2,54,58,59,62)/t35?,36?,42?,43?,50-,51-,52?,53?/m0/s1. The Balaban J connectivity index is 0.686. The lowest BCUT2D eigenvalue weighted by Crippen LogP contribution is -2.44. The number of fused-ring (bicyclic) bond motifs is 4. The molecule has 8 aliphatic rings. The lowest BCUT2D eigenvalue weighted by atomic mass is 9.62. The number of aryl methyl sites for hydroxylation is 3. The Bertz CT molecular complexity index is 3550. The highest BCUT2D eigenvalue weighted by molar-refractivity contribution is 7.92. The fourth-order valence-electron chi connectivity index (χ4n) is 13.5. The van der Waals surface area contributed by atoms with E-state index in [2.05, 4.69) is 141 Å². The smallest absolute Gasteiger partial charge is 0.255 e. The van der Waals surface area contributed by atoms with E-state index in [1.807, 2.05) is 22.3 Å². The van der Waals surface area contributed by atoms with Crippen molar-refractivity contribution < 1.29 is 17.9 Å². The van der Waals surface area contributed by atoms with Gasteiger partial charge in [-0.25, -0.2) is 32.1 Å². The minimum atomic E-state index is -3.86. The number of hydrogen-bond donors (Lipinski definition) is 2. The minimum Gasteiger partial charge on any atom is -0.369 e. The largest absolute Gasteiger partial charge is 0.369 e. The molecule has 6 aliphatic heterocycles. The molecule has 376 valence electrons. The van der Waals surface area contributed by atoms with Crippen molar-refractivity contribution in [3.8, 4) is 0 Å². The summed E-state index contributed by atoms with van der Waals surface area (Å²) in [6.45, 7) is 11.5. The highest BCUT2D eigenvalue weighted by Crippen LogP contribution is 2.64. The number of rotatable bonds is 14. The maximum Gasteiger partial charge on any atom is 0.255 e. The Morgan fingerprint density at radius 3 is 1.96 bits per heavy atom. The van der Waals surface area contributed by atoms with Gasteiger partial charge in [-0.3, -0.25) is 9.78 Å². The number of nitrogens with one attached hydrogen (secondary N) is 2. The number of ether oxygens (including phenoxy) is 2. The zero-order valence-electron chi connectivity index (χ0n) is 41.5. The van der Waals surface area contributed by atoms with Crippen molar-refractivity contribution in [3.63, 3.8) is 0 Å². The summed E-state index contributed by atoms with van der Waals surface area (Å²) in [5.41, 5.74) is 7.67. The van der Waals surface area contributed by atoms with Gasteiger partial charge in [-0.05, 0) is 91.7 Å². The van der Waals surface area contributed by atoms with Gasteiger partial charge in [-0.2, -0.15) is 4.98 Å². The lowest BCUT2D eigenvalue weighted by molar-refractivity contribution is -0.0344. The normalized spacial score (nSPS) is 29.4. The summed E-state index contributed by atoms with van der Waals surface area (Å²) < 4.78 is 48.9. The molecule has 73 heavy (non-hydrogen) atoms. The first kappa shape index (κ1) is 44.9. The molecule has 4 bridgehead atoms. The number of anilines is 3. The highest BCUT2D eigenvalue weighted by Gasteiger charge is 2.67. The average Bonchev–Trinajstić information content (AvgIpc) is 4.22. The highest BCUT2D eigenvalue weighted by atomic mass is 32.2. The van der Waals surface area contributed by atoms with Crippen LogP contribution in [0.3, 0.4) is 0 Å². The first-order valence-corrected chi connectivity index (χ1v) is 27.4. The number of benzene rings is 2. The predicted octanol–water partition coefficient (Wildman–Crippen LogP) is 6.10. The van der Waals surface area contributed by atoms with Crippen molar-refractivity contribution in [3.05, 3.63) is 137 Å². The van der Waals surface area contributed by atoms with Gasteiger partial charge in [0.1, 0.15) is 17.0 Å². The molecular formula is C53H59N15O4S. The molecule has 0 amide bonds. The maximum atomic E-state index is 13.9. The van der Waals surface area contributed by atoms with Gasteiger partial charge >= 0.3 is 0 Å². The maximum absolute atomic E-state index is 13.9. The molecule has 8 aromatic rings. The SMILES string of the molecule is Cc1cc(N2CC[C@](C)(c3ccccc3)C2)cn2nc(C34CC(CO3)C4c3nc(NS(=O)(=O)CCCc4cc(N5CC[C@](C)(c6ccccc6)C5)cn5nc(C67CC(CO6)C7c6cn(C)nn6)nc45)n[nH]3)nc12. The van der Waals surface area contributed by atoms with Gasteiger partial charge < -0.3 is 19.3 Å². The average molecular weight is 1000 g/mol. The van der Waals surface area contributed by atoms with Crippen molar-refractivity contribution in [1.29, 1.82) is 0 Å². The molecule has 12 heterocycles. The molecule has 20 heteroatoms. The summed E-state index contributed by atoms with van der Waals surface area (Å²) in [6, 6.07) is 25.8. The van der Waals surface area contributed by atoms with Gasteiger partial charge in [-0.15, -0.1) is 20.4 Å². The summed E-state index contributed by atoms with van der Waals surface area (Å²) in [6.07, 6.45) is 10.5. The van der Waals surface area contributed by atoms with E-state index in [0.29, 0.717) is 55.1 Å². The topological polar surface area (TPSA) is 204 Å². The number of pyridine rings is 2. The molecule has 2 aliphatic carbocycles. The molecule has 2 N–H and O–H groups in total. The molecule has 0 radical (unpaired) electrons. The molecule has 16 rings (SSSR count). The van der Waals surface area contributed by atoms with Crippen molar-refractivity contribution in [2.24, 2.45) is 18.9 Å². The molecule has 6 saturated heterocycles. The molecular weight excluding hydrogens is 943 g/mol. The predicted molar refractivity (Wildman–Crippen MR) is 272 cm³/mol. The van der Waals surface area contributed by atoms with Crippen molar-refractivity contribution in [1.82, 2.24) is 59.4 Å². The number of H-pyrrole nitrogens is 1. The van der Waals surface area contributed by atoms with E-state index in [-0.39, 0.29) is 40.3 Å². The second-order valence-corrected chi connectivity index (χ2v) is 24.2. The quantitative estimate of drug-likeness (QED) is 0.127. The molecule has 8 fully saturated rings. The van der Waals surface area contributed by atoms with Gasteiger partial charge in [0.15, 0.2) is 22.9 Å². The monoisotopic (exact) mass is 1000 g/mol. The Labute approximate surface area is 422 Å². The molecule has 6 aromatic heterocycles. The van der Waals surface area contributed by atoms with Crippen LogP contribution in [0.1, 0.15) is 103 Å². The second kappa shape index (κ2) is 16.1. The summed E-state index contributed by atoms with van der Waals surface area (Å²) >= 11 is 0. The van der Waals surface area contributed by atoms with Gasteiger partial charge in [0.05, 0.1) is 54.3 Å².